The van der Waals surface area contributed by atoms with E-state index in [1.165, 1.54) is 46.6 Å². The van der Waals surface area contributed by atoms with E-state index in [9.17, 15) is 27.2 Å². The second-order valence-corrected chi connectivity index (χ2v) is 9.05. The molecule has 0 atom stereocenters. The fourth-order valence-corrected chi connectivity index (χ4v) is 4.37. The van der Waals surface area contributed by atoms with Crippen LogP contribution in [-0.2, 0) is 24.1 Å². The molecule has 0 spiro atoms. The second-order valence-electron chi connectivity index (χ2n) is 8.05. The van der Waals surface area contributed by atoms with Gasteiger partial charge in [0.1, 0.15) is 12.4 Å². The van der Waals surface area contributed by atoms with E-state index >= 15 is 0 Å². The molecule has 0 aliphatic rings. The average molecular weight is 520 g/mol. The molecule has 2 aromatic carbocycles. The molecule has 0 saturated heterocycles. The van der Waals surface area contributed by atoms with Gasteiger partial charge in [-0.1, -0.05) is 30.3 Å². The molecule has 0 aliphatic carbocycles. The lowest BCUT2D eigenvalue weighted by Gasteiger charge is -2.28. The highest BCUT2D eigenvalue weighted by Gasteiger charge is 2.34. The number of thiophene rings is 1. The first-order valence-corrected chi connectivity index (χ1v) is 11.8. The Bertz CT molecular complexity index is 1210. The van der Waals surface area contributed by atoms with Crippen molar-refractivity contribution in [1.82, 2.24) is 9.80 Å². The quantitative estimate of drug-likeness (QED) is 0.261. The first-order chi connectivity index (χ1) is 17.1. The molecule has 3 rings (SSSR count). The fraction of sp³-hybridized carbons (Fsp3) is 0.231. The van der Waals surface area contributed by atoms with Crippen LogP contribution < -0.4 is 5.32 Å². The first-order valence-electron chi connectivity index (χ1n) is 11.0. The Kier molecular flexibility index (Phi) is 8.87. The summed E-state index contributed by atoms with van der Waals surface area (Å²) in [4.78, 5) is 29.8. The molecular weight excluding hydrogens is 494 g/mol. The van der Waals surface area contributed by atoms with Crippen LogP contribution in [0.15, 0.2) is 72.6 Å². The van der Waals surface area contributed by atoms with Crippen molar-refractivity contribution in [3.8, 4) is 0 Å². The number of urea groups is 1. The van der Waals surface area contributed by atoms with Crippen LogP contribution in [0.4, 0.5) is 28.0 Å². The zero-order chi connectivity index (χ0) is 26.3. The highest BCUT2D eigenvalue weighted by Crippen LogP contribution is 2.34. The molecule has 5 nitrogen and oxygen atoms in total. The summed E-state index contributed by atoms with van der Waals surface area (Å²) in [6.07, 6.45) is -3.27. The summed E-state index contributed by atoms with van der Waals surface area (Å²) in [5.41, 5.74) is 0.294. The highest BCUT2D eigenvalue weighted by atomic mass is 32.1. The summed E-state index contributed by atoms with van der Waals surface area (Å²) >= 11 is 1.48. The predicted octanol–water partition coefficient (Wildman–Crippen LogP) is 6.46. The summed E-state index contributed by atoms with van der Waals surface area (Å²) < 4.78 is 53.4. The van der Waals surface area contributed by atoms with Gasteiger partial charge in [0.15, 0.2) is 0 Å². The molecule has 0 saturated carbocycles. The van der Waals surface area contributed by atoms with Gasteiger partial charge < -0.3 is 15.1 Å². The molecule has 3 amide bonds. The van der Waals surface area contributed by atoms with Gasteiger partial charge in [-0.3, -0.25) is 4.79 Å². The fourth-order valence-electron chi connectivity index (χ4n) is 3.45. The number of nitrogens with zero attached hydrogens (tertiary/aromatic N) is 2. The summed E-state index contributed by atoms with van der Waals surface area (Å²) in [5, 5.41) is 4.17. The maximum absolute atomic E-state index is 13.4. The lowest BCUT2D eigenvalue weighted by molar-refractivity contribution is -0.137. The monoisotopic (exact) mass is 519 g/mol. The summed E-state index contributed by atoms with van der Waals surface area (Å²) in [7, 11) is 0. The number of alkyl halides is 3. The number of anilines is 1. The van der Waals surface area contributed by atoms with Gasteiger partial charge in [0.25, 0.3) is 0 Å². The molecule has 190 valence electrons. The average Bonchev–Trinajstić information content (AvgIpc) is 3.23. The molecule has 0 radical (unpaired) electrons. The summed E-state index contributed by atoms with van der Waals surface area (Å²) in [5.74, 6) is -0.827. The Hall–Kier alpha value is -3.66. The standard InChI is InChI=1S/C26H25F4N3O2S/c1-3-13-32(25(35)31-22-7-5-4-6-21(22)26(28,29)30)17-24(34)33(16-23-18(2)12-14-36-23)15-19-8-10-20(27)11-9-19/h3-12,14H,1,13,15-17H2,2H3,(H,31,35). The SMILES string of the molecule is C=CCN(CC(=O)N(Cc1ccc(F)cc1)Cc1sccc1C)C(=O)Nc1ccccc1C(F)(F)F. The van der Waals surface area contributed by atoms with Crippen LogP contribution in [-0.4, -0.2) is 34.8 Å². The van der Waals surface area contributed by atoms with E-state index in [2.05, 4.69) is 11.9 Å². The third-order valence-corrected chi connectivity index (χ3v) is 6.39. The van der Waals surface area contributed by atoms with Crippen LogP contribution in [0.25, 0.3) is 0 Å². The number of halogens is 4. The lowest BCUT2D eigenvalue weighted by atomic mass is 10.1. The van der Waals surface area contributed by atoms with Gasteiger partial charge in [0.05, 0.1) is 17.8 Å². The van der Waals surface area contributed by atoms with Crippen molar-refractivity contribution in [2.45, 2.75) is 26.2 Å². The smallest absolute Gasteiger partial charge is 0.332 e. The number of carbonyl (C=O) groups is 2. The molecule has 1 aromatic heterocycles. The first kappa shape index (κ1) is 26.9. The number of amides is 3. The minimum absolute atomic E-state index is 0.0613. The summed E-state index contributed by atoms with van der Waals surface area (Å²) in [6.45, 7) is 5.48. The van der Waals surface area contributed by atoms with Crippen molar-refractivity contribution in [2.75, 3.05) is 18.4 Å². The molecule has 0 fully saturated rings. The molecule has 3 aromatic rings. The van der Waals surface area contributed by atoms with Gasteiger partial charge in [0.2, 0.25) is 5.91 Å². The van der Waals surface area contributed by atoms with Crippen LogP contribution in [0.1, 0.15) is 21.6 Å². The second kappa shape index (κ2) is 11.9. The van der Waals surface area contributed by atoms with Gasteiger partial charge in [-0.2, -0.15) is 13.2 Å². The van der Waals surface area contributed by atoms with Gasteiger partial charge in [-0.25, -0.2) is 9.18 Å². The maximum Gasteiger partial charge on any atom is 0.418 e. The van der Waals surface area contributed by atoms with Gasteiger partial charge in [0, 0.05) is 18.0 Å². The predicted molar refractivity (Wildman–Crippen MR) is 132 cm³/mol. The van der Waals surface area contributed by atoms with Crippen LogP contribution in [0.5, 0.6) is 0 Å². The molecule has 0 unspecified atom stereocenters. The molecule has 0 aliphatic heterocycles. The number of para-hydroxylation sites is 1. The van der Waals surface area contributed by atoms with Crippen molar-refractivity contribution in [1.29, 1.82) is 0 Å². The van der Waals surface area contributed by atoms with Crippen LogP contribution in [0, 0.1) is 12.7 Å². The lowest BCUT2D eigenvalue weighted by Crippen LogP contribution is -2.44. The molecular formula is C26H25F4N3O2S. The van der Waals surface area contributed by atoms with Gasteiger partial charge in [-0.05, 0) is 53.8 Å². The molecule has 1 N–H and O–H groups in total. The number of hydrogen-bond donors (Lipinski definition) is 1. The van der Waals surface area contributed by atoms with Crippen molar-refractivity contribution in [3.63, 3.8) is 0 Å². The van der Waals surface area contributed by atoms with Crippen LogP contribution >= 0.6 is 11.3 Å². The molecule has 0 bridgehead atoms. The van der Waals surface area contributed by atoms with E-state index in [0.717, 1.165) is 27.5 Å². The molecule has 10 heteroatoms. The number of nitrogens with one attached hydrogen (secondary N) is 1. The van der Waals surface area contributed by atoms with E-state index in [1.807, 2.05) is 18.4 Å². The van der Waals surface area contributed by atoms with Gasteiger partial charge >= 0.3 is 12.2 Å². The Labute approximate surface area is 210 Å². The summed E-state index contributed by atoms with van der Waals surface area (Å²) in [6, 6.07) is 11.4. The van der Waals surface area contributed by atoms with Crippen LogP contribution in [0.3, 0.4) is 0 Å². The zero-order valence-corrected chi connectivity index (χ0v) is 20.3. The Morgan fingerprint density at radius 2 is 1.72 bits per heavy atom. The van der Waals surface area contributed by atoms with Crippen molar-refractivity contribution in [3.05, 3.63) is 100 Å². The van der Waals surface area contributed by atoms with Gasteiger partial charge in [-0.15, -0.1) is 17.9 Å². The minimum Gasteiger partial charge on any atom is -0.332 e. The normalized spacial score (nSPS) is 11.1. The van der Waals surface area contributed by atoms with E-state index in [1.54, 1.807) is 12.1 Å². The number of carbonyl (C=O) groups excluding carboxylic acids is 2. The Balaban J connectivity index is 1.80. The van der Waals surface area contributed by atoms with Crippen molar-refractivity contribution in [2.24, 2.45) is 0 Å². The number of hydrogen-bond acceptors (Lipinski definition) is 3. The zero-order valence-electron chi connectivity index (χ0n) is 19.5. The maximum atomic E-state index is 13.4. The Morgan fingerprint density at radius 3 is 2.33 bits per heavy atom. The van der Waals surface area contributed by atoms with E-state index < -0.39 is 41.7 Å². The molecule has 36 heavy (non-hydrogen) atoms. The number of aryl methyl sites for hydroxylation is 1. The largest absolute Gasteiger partial charge is 0.418 e. The van der Waals surface area contributed by atoms with Crippen molar-refractivity contribution >= 4 is 29.0 Å². The number of rotatable bonds is 9. The Morgan fingerprint density at radius 1 is 1.03 bits per heavy atom. The third-order valence-electron chi connectivity index (χ3n) is 5.38. The third kappa shape index (κ3) is 7.17. The van der Waals surface area contributed by atoms with E-state index in [0.29, 0.717) is 5.56 Å². The van der Waals surface area contributed by atoms with E-state index in [4.69, 9.17) is 0 Å². The van der Waals surface area contributed by atoms with E-state index in [-0.39, 0.29) is 19.6 Å². The molecule has 1 heterocycles. The number of benzene rings is 2. The van der Waals surface area contributed by atoms with Crippen molar-refractivity contribution < 1.29 is 27.2 Å². The topological polar surface area (TPSA) is 52.7 Å². The minimum atomic E-state index is -4.66. The van der Waals surface area contributed by atoms with Crippen LogP contribution in [0.2, 0.25) is 0 Å². The highest BCUT2D eigenvalue weighted by molar-refractivity contribution is 7.10.